The lowest BCUT2D eigenvalue weighted by molar-refractivity contribution is -0.125. The topological polar surface area (TPSA) is 82.5 Å². The number of fused-ring (bicyclic) bond motifs is 1. The van der Waals surface area contributed by atoms with E-state index in [2.05, 4.69) is 4.98 Å². The lowest BCUT2D eigenvalue weighted by Crippen LogP contribution is -2.36. The molecule has 0 spiro atoms. The number of carbonyl (C=O) groups is 2. The van der Waals surface area contributed by atoms with Crippen LogP contribution in [0, 0.1) is 5.82 Å². The summed E-state index contributed by atoms with van der Waals surface area (Å²) in [4.78, 5) is 31.0. The summed E-state index contributed by atoms with van der Waals surface area (Å²) in [5, 5.41) is 8.89. The summed E-state index contributed by atoms with van der Waals surface area (Å²) in [5.74, 6) is -1.17. The van der Waals surface area contributed by atoms with Gasteiger partial charge in [-0.2, -0.15) is 0 Å². The monoisotopic (exact) mass is 417 g/mol. The second-order valence-electron chi connectivity index (χ2n) is 7.25. The molecule has 4 rings (SSSR count). The maximum Gasteiger partial charge on any atom is 0.274 e. The Balaban J connectivity index is 1.67. The molecule has 2 N–H and O–H groups in total. The fraction of sp³-hybridized carbons (Fsp3) is 0.125. The van der Waals surface area contributed by atoms with Gasteiger partial charge in [0.2, 0.25) is 0 Å². The maximum atomic E-state index is 13.5. The number of rotatable bonds is 4. The summed E-state index contributed by atoms with van der Waals surface area (Å²) in [6.45, 7) is 0.843. The first-order valence-corrected chi connectivity index (χ1v) is 9.78. The van der Waals surface area contributed by atoms with Crippen molar-refractivity contribution in [2.75, 3.05) is 6.54 Å². The minimum absolute atomic E-state index is 0.196. The molecule has 1 aliphatic heterocycles. The minimum atomic E-state index is -0.602. The molecule has 0 aliphatic carbocycles. The van der Waals surface area contributed by atoms with Gasteiger partial charge in [-0.3, -0.25) is 19.8 Å². The molecule has 0 unspecified atom stereocenters. The highest BCUT2D eigenvalue weighted by Crippen LogP contribution is 2.26. The van der Waals surface area contributed by atoms with Gasteiger partial charge >= 0.3 is 0 Å². The number of pyridine rings is 1. The quantitative estimate of drug-likeness (QED) is 0.387. The molecule has 2 heterocycles. The largest absolute Gasteiger partial charge is 0.334 e. The number of nitrogens with zero attached hydrogens (tertiary/aromatic N) is 2. The first kappa shape index (κ1) is 20.4. The van der Waals surface area contributed by atoms with Crippen molar-refractivity contribution in [1.82, 2.24) is 15.4 Å². The fourth-order valence-electron chi connectivity index (χ4n) is 3.63. The van der Waals surface area contributed by atoms with Crippen molar-refractivity contribution in [2.24, 2.45) is 0 Å². The van der Waals surface area contributed by atoms with E-state index in [0.717, 1.165) is 16.7 Å². The average molecular weight is 417 g/mol. The smallest absolute Gasteiger partial charge is 0.274 e. The summed E-state index contributed by atoms with van der Waals surface area (Å²) < 4.78 is 13.5. The van der Waals surface area contributed by atoms with Gasteiger partial charge in [0.15, 0.2) is 0 Å². The standard InChI is InChI=1S/C24H20FN3O3/c25-21-7-5-18(6-8-21)22(12-16-2-1-10-26-14-16)24(30)28-11-9-17-3-4-19(23(29)27-31)13-20(17)15-28/h1-8,10,12-14,31H,9,11,15H2,(H,27,29). The van der Waals surface area contributed by atoms with Crippen LogP contribution in [0.15, 0.2) is 67.0 Å². The summed E-state index contributed by atoms with van der Waals surface area (Å²) in [6.07, 6.45) is 5.69. The van der Waals surface area contributed by atoms with Crippen molar-refractivity contribution in [3.05, 3.63) is 101 Å². The van der Waals surface area contributed by atoms with Crippen molar-refractivity contribution >= 4 is 23.5 Å². The first-order valence-electron chi connectivity index (χ1n) is 9.78. The zero-order chi connectivity index (χ0) is 21.8. The maximum absolute atomic E-state index is 13.5. The van der Waals surface area contributed by atoms with Gasteiger partial charge in [-0.25, -0.2) is 9.87 Å². The van der Waals surface area contributed by atoms with Crippen LogP contribution in [-0.2, 0) is 17.8 Å². The summed E-state index contributed by atoms with van der Waals surface area (Å²) in [7, 11) is 0. The van der Waals surface area contributed by atoms with E-state index in [1.165, 1.54) is 12.1 Å². The van der Waals surface area contributed by atoms with E-state index < -0.39 is 5.91 Å². The van der Waals surface area contributed by atoms with Crippen molar-refractivity contribution < 1.29 is 19.2 Å². The Hall–Kier alpha value is -3.84. The minimum Gasteiger partial charge on any atom is -0.334 e. The van der Waals surface area contributed by atoms with Gasteiger partial charge in [-0.05, 0) is 65.1 Å². The third-order valence-electron chi connectivity index (χ3n) is 5.25. The zero-order valence-electron chi connectivity index (χ0n) is 16.6. The molecule has 1 aromatic heterocycles. The Morgan fingerprint density at radius 3 is 2.55 bits per heavy atom. The third kappa shape index (κ3) is 4.51. The molecular weight excluding hydrogens is 397 g/mol. The molecule has 6 nitrogen and oxygen atoms in total. The van der Waals surface area contributed by atoms with Gasteiger partial charge in [-0.1, -0.05) is 24.3 Å². The van der Waals surface area contributed by atoms with E-state index in [-0.39, 0.29) is 11.7 Å². The van der Waals surface area contributed by atoms with Crippen LogP contribution in [0.4, 0.5) is 4.39 Å². The van der Waals surface area contributed by atoms with E-state index in [0.29, 0.717) is 36.2 Å². The molecule has 0 atom stereocenters. The van der Waals surface area contributed by atoms with Crippen LogP contribution < -0.4 is 5.48 Å². The summed E-state index contributed by atoms with van der Waals surface area (Å²) in [5.41, 5.74) is 5.65. The van der Waals surface area contributed by atoms with Crippen LogP contribution in [0.5, 0.6) is 0 Å². The SMILES string of the molecule is O=C(NO)c1ccc2c(c1)CN(C(=O)C(=Cc1cccnc1)c1ccc(F)cc1)CC2. The van der Waals surface area contributed by atoms with Crippen molar-refractivity contribution in [2.45, 2.75) is 13.0 Å². The molecular formula is C24H20FN3O3. The number of aromatic nitrogens is 1. The first-order chi connectivity index (χ1) is 15.0. The lowest BCUT2D eigenvalue weighted by Gasteiger charge is -2.30. The molecule has 7 heteroatoms. The molecule has 0 bridgehead atoms. The zero-order valence-corrected chi connectivity index (χ0v) is 16.6. The van der Waals surface area contributed by atoms with Crippen LogP contribution >= 0.6 is 0 Å². The Bertz CT molecular complexity index is 1140. The van der Waals surface area contributed by atoms with Crippen molar-refractivity contribution in [3.8, 4) is 0 Å². The third-order valence-corrected chi connectivity index (χ3v) is 5.25. The highest BCUT2D eigenvalue weighted by Gasteiger charge is 2.25. The molecule has 156 valence electrons. The molecule has 2 aromatic carbocycles. The number of hydrogen-bond acceptors (Lipinski definition) is 4. The summed E-state index contributed by atoms with van der Waals surface area (Å²) >= 11 is 0. The number of hydroxylamine groups is 1. The second kappa shape index (κ2) is 8.89. The lowest BCUT2D eigenvalue weighted by atomic mass is 9.95. The highest BCUT2D eigenvalue weighted by molar-refractivity contribution is 6.24. The number of benzene rings is 2. The Kier molecular flexibility index (Phi) is 5.86. The fourth-order valence-corrected chi connectivity index (χ4v) is 3.63. The van der Waals surface area contributed by atoms with Crippen LogP contribution in [0.3, 0.4) is 0 Å². The van der Waals surface area contributed by atoms with Crippen molar-refractivity contribution in [3.63, 3.8) is 0 Å². The number of nitrogens with one attached hydrogen (secondary N) is 1. The van der Waals surface area contributed by atoms with E-state index >= 15 is 0 Å². The Morgan fingerprint density at radius 1 is 1.06 bits per heavy atom. The van der Waals surface area contributed by atoms with E-state index in [4.69, 9.17) is 5.21 Å². The molecule has 3 aromatic rings. The van der Waals surface area contributed by atoms with Crippen molar-refractivity contribution in [1.29, 1.82) is 0 Å². The van der Waals surface area contributed by atoms with Crippen LogP contribution in [0.1, 0.15) is 32.6 Å². The number of halogens is 1. The summed E-state index contributed by atoms with van der Waals surface area (Å²) in [6, 6.07) is 14.6. The van der Waals surface area contributed by atoms with Crippen LogP contribution in [0.2, 0.25) is 0 Å². The Morgan fingerprint density at radius 2 is 1.84 bits per heavy atom. The van der Waals surface area contributed by atoms with Gasteiger partial charge in [0.25, 0.3) is 11.8 Å². The molecule has 0 saturated carbocycles. The molecule has 0 saturated heterocycles. The molecule has 0 radical (unpaired) electrons. The number of carbonyl (C=O) groups excluding carboxylic acids is 2. The van der Waals surface area contributed by atoms with Gasteiger partial charge in [0, 0.05) is 36.6 Å². The van der Waals surface area contributed by atoms with Gasteiger partial charge in [0.05, 0.1) is 0 Å². The van der Waals surface area contributed by atoms with Crippen LogP contribution in [0.25, 0.3) is 11.6 Å². The van der Waals surface area contributed by atoms with E-state index in [9.17, 15) is 14.0 Å². The number of amides is 2. The predicted octanol–water partition coefficient (Wildman–Crippen LogP) is 3.47. The van der Waals surface area contributed by atoms with E-state index in [1.807, 2.05) is 12.1 Å². The van der Waals surface area contributed by atoms with Gasteiger partial charge in [0.1, 0.15) is 5.82 Å². The highest BCUT2D eigenvalue weighted by atomic mass is 19.1. The molecule has 0 fully saturated rings. The molecule has 31 heavy (non-hydrogen) atoms. The molecule has 1 aliphatic rings. The van der Waals surface area contributed by atoms with Gasteiger partial charge < -0.3 is 4.90 Å². The predicted molar refractivity (Wildman–Crippen MR) is 113 cm³/mol. The number of hydrogen-bond donors (Lipinski definition) is 2. The second-order valence-corrected chi connectivity index (χ2v) is 7.25. The van der Waals surface area contributed by atoms with Crippen LogP contribution in [-0.4, -0.2) is 33.5 Å². The van der Waals surface area contributed by atoms with Gasteiger partial charge in [-0.15, -0.1) is 0 Å². The average Bonchev–Trinajstić information content (AvgIpc) is 2.82. The normalized spacial score (nSPS) is 13.5. The molecule has 2 amide bonds. The Labute approximate surface area is 178 Å². The van der Waals surface area contributed by atoms with E-state index in [1.54, 1.807) is 59.2 Å².